The summed E-state index contributed by atoms with van der Waals surface area (Å²) in [7, 11) is 0. The van der Waals surface area contributed by atoms with Gasteiger partial charge in [-0.3, -0.25) is 9.78 Å². The summed E-state index contributed by atoms with van der Waals surface area (Å²) in [5.41, 5.74) is 3.59. The van der Waals surface area contributed by atoms with Gasteiger partial charge in [0, 0.05) is 26.8 Å². The highest BCUT2D eigenvalue weighted by Crippen LogP contribution is 2.32. The predicted octanol–water partition coefficient (Wildman–Crippen LogP) is 5.46. The van der Waals surface area contributed by atoms with Gasteiger partial charge >= 0.3 is 5.97 Å². The zero-order chi connectivity index (χ0) is 21.3. The Morgan fingerprint density at radius 1 is 1.17 bits per heavy atom. The second-order valence-electron chi connectivity index (χ2n) is 7.56. The average Bonchev–Trinajstić information content (AvgIpc) is 2.69. The van der Waals surface area contributed by atoms with Crippen molar-refractivity contribution in [3.63, 3.8) is 0 Å². The van der Waals surface area contributed by atoms with Crippen molar-refractivity contribution in [3.8, 4) is 0 Å². The van der Waals surface area contributed by atoms with Crippen LogP contribution < -0.4 is 5.32 Å². The third-order valence-corrected chi connectivity index (χ3v) is 5.63. The van der Waals surface area contributed by atoms with E-state index in [2.05, 4.69) is 12.2 Å². The molecule has 0 fully saturated rings. The first-order valence-electron chi connectivity index (χ1n) is 9.74. The van der Waals surface area contributed by atoms with Crippen molar-refractivity contribution in [2.24, 2.45) is 5.92 Å². The largest absolute Gasteiger partial charge is 0.452 e. The lowest BCUT2D eigenvalue weighted by molar-refractivity contribution is -0.119. The molecular formula is C23H20Cl2N2O3. The standard InChI is InChI=1S/C23H20Cl2N2O3/c1-13-6-7-20-18(8-13)22(17-4-2-3-5-19(17)27-20)23(29)30-12-21(28)26-16-10-14(24)9-15(25)11-16/h2-5,9-11,13H,6-8,12H2,1H3,(H,26,28). The first-order valence-corrected chi connectivity index (χ1v) is 10.5. The Morgan fingerprint density at radius 3 is 2.67 bits per heavy atom. The van der Waals surface area contributed by atoms with E-state index in [1.807, 2.05) is 24.3 Å². The second kappa shape index (κ2) is 8.62. The molecule has 1 N–H and O–H groups in total. The quantitative estimate of drug-likeness (QED) is 0.544. The summed E-state index contributed by atoms with van der Waals surface area (Å²) in [4.78, 5) is 30.1. The van der Waals surface area contributed by atoms with E-state index in [0.29, 0.717) is 27.2 Å². The van der Waals surface area contributed by atoms with Gasteiger partial charge in [-0.15, -0.1) is 0 Å². The normalized spacial score (nSPS) is 15.5. The molecule has 3 aromatic rings. The molecule has 2 aromatic carbocycles. The molecular weight excluding hydrogens is 423 g/mol. The summed E-state index contributed by atoms with van der Waals surface area (Å²) in [6.45, 7) is 1.75. The smallest absolute Gasteiger partial charge is 0.339 e. The Hall–Kier alpha value is -2.63. The Bertz CT molecular complexity index is 1130. The molecule has 154 valence electrons. The van der Waals surface area contributed by atoms with E-state index in [-0.39, 0.29) is 0 Å². The number of fused-ring (bicyclic) bond motifs is 2. The number of aromatic nitrogens is 1. The maximum absolute atomic E-state index is 13.0. The molecule has 1 unspecified atom stereocenters. The molecule has 0 spiro atoms. The summed E-state index contributed by atoms with van der Waals surface area (Å²) in [5.74, 6) is -0.525. The molecule has 1 aromatic heterocycles. The van der Waals surface area contributed by atoms with Crippen LogP contribution >= 0.6 is 23.2 Å². The minimum Gasteiger partial charge on any atom is -0.452 e. The van der Waals surface area contributed by atoms with Gasteiger partial charge in [0.25, 0.3) is 5.91 Å². The number of nitrogens with one attached hydrogen (secondary N) is 1. The van der Waals surface area contributed by atoms with Gasteiger partial charge in [0.05, 0.1) is 11.1 Å². The summed E-state index contributed by atoms with van der Waals surface area (Å²) >= 11 is 11.9. The summed E-state index contributed by atoms with van der Waals surface area (Å²) in [5, 5.41) is 4.19. The molecule has 1 aliphatic rings. The van der Waals surface area contributed by atoms with E-state index in [1.54, 1.807) is 18.2 Å². The van der Waals surface area contributed by atoms with Crippen molar-refractivity contribution in [2.75, 3.05) is 11.9 Å². The Labute approximate surface area is 184 Å². The summed E-state index contributed by atoms with van der Waals surface area (Å²) in [6, 6.07) is 12.2. The summed E-state index contributed by atoms with van der Waals surface area (Å²) < 4.78 is 5.39. The highest BCUT2D eigenvalue weighted by atomic mass is 35.5. The molecule has 30 heavy (non-hydrogen) atoms. The number of esters is 1. The number of amides is 1. The maximum Gasteiger partial charge on any atom is 0.339 e. The second-order valence-corrected chi connectivity index (χ2v) is 8.43. The Balaban J connectivity index is 1.56. The van der Waals surface area contributed by atoms with Crippen molar-refractivity contribution >= 4 is 51.7 Å². The molecule has 0 aliphatic heterocycles. The van der Waals surface area contributed by atoms with Crippen molar-refractivity contribution in [1.29, 1.82) is 0 Å². The molecule has 7 heteroatoms. The number of nitrogens with zero attached hydrogens (tertiary/aromatic N) is 1. The molecule has 1 aliphatic carbocycles. The molecule has 0 bridgehead atoms. The van der Waals surface area contributed by atoms with E-state index in [0.717, 1.165) is 41.4 Å². The number of aryl methyl sites for hydroxylation is 1. The molecule has 0 saturated carbocycles. The number of rotatable bonds is 4. The van der Waals surface area contributed by atoms with Crippen LogP contribution in [0.4, 0.5) is 5.69 Å². The number of carbonyl (C=O) groups is 2. The lowest BCUT2D eigenvalue weighted by atomic mass is 9.84. The van der Waals surface area contributed by atoms with Crippen molar-refractivity contribution in [1.82, 2.24) is 4.98 Å². The number of hydrogen-bond donors (Lipinski definition) is 1. The van der Waals surface area contributed by atoms with E-state index >= 15 is 0 Å². The zero-order valence-electron chi connectivity index (χ0n) is 16.4. The number of para-hydroxylation sites is 1. The van der Waals surface area contributed by atoms with Gasteiger partial charge in [0.2, 0.25) is 0 Å². The van der Waals surface area contributed by atoms with Crippen LogP contribution in [0.5, 0.6) is 0 Å². The molecule has 5 nitrogen and oxygen atoms in total. The van der Waals surface area contributed by atoms with Crippen LogP contribution in [0.15, 0.2) is 42.5 Å². The van der Waals surface area contributed by atoms with Crippen LogP contribution in [0, 0.1) is 5.92 Å². The number of halogens is 2. The first-order chi connectivity index (χ1) is 14.4. The van der Waals surface area contributed by atoms with Crippen LogP contribution in [0.2, 0.25) is 10.0 Å². The number of pyridine rings is 1. The van der Waals surface area contributed by atoms with E-state index in [9.17, 15) is 9.59 Å². The Morgan fingerprint density at radius 2 is 1.90 bits per heavy atom. The van der Waals surface area contributed by atoms with Crippen LogP contribution in [0.1, 0.15) is 35.0 Å². The van der Waals surface area contributed by atoms with Crippen molar-refractivity contribution < 1.29 is 14.3 Å². The van der Waals surface area contributed by atoms with E-state index in [1.165, 1.54) is 0 Å². The minimum absolute atomic E-state index is 0.402. The van der Waals surface area contributed by atoms with Gasteiger partial charge < -0.3 is 10.1 Å². The average molecular weight is 443 g/mol. The van der Waals surface area contributed by atoms with Crippen molar-refractivity contribution in [2.45, 2.75) is 26.2 Å². The highest BCUT2D eigenvalue weighted by molar-refractivity contribution is 6.35. The van der Waals surface area contributed by atoms with E-state index in [4.69, 9.17) is 32.9 Å². The number of hydrogen-bond acceptors (Lipinski definition) is 4. The molecule has 0 saturated heterocycles. The van der Waals surface area contributed by atoms with Gasteiger partial charge in [-0.2, -0.15) is 0 Å². The molecule has 0 radical (unpaired) electrons. The van der Waals surface area contributed by atoms with Crippen molar-refractivity contribution in [3.05, 3.63) is 69.3 Å². The first kappa shape index (κ1) is 20.6. The fourth-order valence-corrected chi connectivity index (χ4v) is 4.35. The van der Waals surface area contributed by atoms with Gasteiger partial charge in [-0.1, -0.05) is 48.3 Å². The lowest BCUT2D eigenvalue weighted by Crippen LogP contribution is -2.23. The Kier molecular flexibility index (Phi) is 5.93. The van der Waals surface area contributed by atoms with Crippen LogP contribution in [0.25, 0.3) is 10.9 Å². The number of ether oxygens (including phenoxy) is 1. The van der Waals surface area contributed by atoms with Gasteiger partial charge in [0.15, 0.2) is 6.61 Å². The topological polar surface area (TPSA) is 68.3 Å². The maximum atomic E-state index is 13.0. The molecule has 1 amide bonds. The monoisotopic (exact) mass is 442 g/mol. The minimum atomic E-state index is -0.516. The highest BCUT2D eigenvalue weighted by Gasteiger charge is 2.26. The predicted molar refractivity (Wildman–Crippen MR) is 118 cm³/mol. The zero-order valence-corrected chi connectivity index (χ0v) is 17.9. The van der Waals surface area contributed by atoms with Gasteiger partial charge in [0.1, 0.15) is 0 Å². The van der Waals surface area contributed by atoms with E-state index < -0.39 is 18.5 Å². The SMILES string of the molecule is CC1CCc2nc3ccccc3c(C(=O)OCC(=O)Nc3cc(Cl)cc(Cl)c3)c2C1. The van der Waals surface area contributed by atoms with Crippen LogP contribution in [0.3, 0.4) is 0 Å². The fraction of sp³-hybridized carbons (Fsp3) is 0.261. The number of benzene rings is 2. The third kappa shape index (κ3) is 4.42. The molecule has 4 rings (SSSR count). The van der Waals surface area contributed by atoms with Gasteiger partial charge in [-0.05, 0) is 55.0 Å². The van der Waals surface area contributed by atoms with Gasteiger partial charge in [-0.25, -0.2) is 4.79 Å². The number of carbonyl (C=O) groups excluding carboxylic acids is 2. The number of anilines is 1. The van der Waals surface area contributed by atoms with Crippen LogP contribution in [-0.4, -0.2) is 23.5 Å². The summed E-state index contributed by atoms with van der Waals surface area (Å²) in [6.07, 6.45) is 2.64. The molecule has 1 heterocycles. The third-order valence-electron chi connectivity index (χ3n) is 5.19. The fourth-order valence-electron chi connectivity index (χ4n) is 3.82. The van der Waals surface area contributed by atoms with Crippen LogP contribution in [-0.2, 0) is 22.4 Å². The lowest BCUT2D eigenvalue weighted by Gasteiger charge is -2.24. The molecule has 1 atom stereocenters.